The fourth-order valence-corrected chi connectivity index (χ4v) is 2.52. The van der Waals surface area contributed by atoms with Crippen molar-refractivity contribution >= 4 is 29.9 Å². The van der Waals surface area contributed by atoms with Gasteiger partial charge in [0.25, 0.3) is 0 Å². The van der Waals surface area contributed by atoms with Crippen LogP contribution in [0.15, 0.2) is 29.3 Å². The number of nitrogens with one attached hydrogen (secondary N) is 2. The van der Waals surface area contributed by atoms with E-state index in [2.05, 4.69) is 65.7 Å². The zero-order chi connectivity index (χ0) is 15.8. The molecule has 130 valence electrons. The zero-order valence-corrected chi connectivity index (χ0v) is 16.7. The Morgan fingerprint density at radius 3 is 2.91 bits per heavy atom. The predicted octanol–water partition coefficient (Wildman–Crippen LogP) is 2.00. The Kier molecular flexibility index (Phi) is 9.50. The molecule has 1 saturated heterocycles. The molecule has 23 heavy (non-hydrogen) atoms. The highest BCUT2D eigenvalue weighted by atomic mass is 127. The van der Waals surface area contributed by atoms with E-state index >= 15 is 0 Å². The molecule has 2 N–H and O–H groups in total. The van der Waals surface area contributed by atoms with Gasteiger partial charge in [-0.2, -0.15) is 0 Å². The number of benzene rings is 1. The molecule has 0 saturated carbocycles. The van der Waals surface area contributed by atoms with E-state index in [0.29, 0.717) is 6.54 Å². The van der Waals surface area contributed by atoms with Crippen molar-refractivity contribution in [3.63, 3.8) is 0 Å². The number of hydrogen-bond acceptors (Lipinski definition) is 3. The van der Waals surface area contributed by atoms with Gasteiger partial charge in [-0.25, -0.2) is 4.99 Å². The Labute approximate surface area is 156 Å². The smallest absolute Gasteiger partial charge is 0.191 e. The second-order valence-corrected chi connectivity index (χ2v) is 5.82. The van der Waals surface area contributed by atoms with Gasteiger partial charge < -0.3 is 20.3 Å². The minimum Gasteiger partial charge on any atom is -0.374 e. The fourth-order valence-electron chi connectivity index (χ4n) is 2.52. The number of rotatable bonds is 5. The van der Waals surface area contributed by atoms with Crippen molar-refractivity contribution in [2.45, 2.75) is 26.5 Å². The Morgan fingerprint density at radius 2 is 2.22 bits per heavy atom. The molecule has 0 bridgehead atoms. The molecule has 5 nitrogen and oxygen atoms in total. The molecule has 0 spiro atoms. The first kappa shape index (κ1) is 20.2. The van der Waals surface area contributed by atoms with Gasteiger partial charge >= 0.3 is 0 Å². The Bertz CT molecular complexity index is 495. The van der Waals surface area contributed by atoms with E-state index in [1.807, 2.05) is 0 Å². The minimum absolute atomic E-state index is 0. The number of guanidine groups is 1. The lowest BCUT2D eigenvalue weighted by Crippen LogP contribution is -2.48. The number of ether oxygens (including phenoxy) is 1. The maximum Gasteiger partial charge on any atom is 0.191 e. The Balaban J connectivity index is 0.00000264. The van der Waals surface area contributed by atoms with Crippen molar-refractivity contribution in [2.24, 2.45) is 4.99 Å². The van der Waals surface area contributed by atoms with Crippen molar-refractivity contribution in [2.75, 3.05) is 39.8 Å². The fraction of sp³-hybridized carbons (Fsp3) is 0.588. The quantitative estimate of drug-likeness (QED) is 0.425. The molecule has 0 aliphatic carbocycles. The normalized spacial score (nSPS) is 19.1. The molecule has 1 aromatic rings. The van der Waals surface area contributed by atoms with E-state index in [1.54, 1.807) is 0 Å². The lowest BCUT2D eigenvalue weighted by Gasteiger charge is -2.30. The van der Waals surface area contributed by atoms with Crippen LogP contribution in [-0.2, 0) is 11.3 Å². The maximum atomic E-state index is 5.77. The molecule has 1 aliphatic rings. The standard InChI is InChI=1S/C17H28N4O.HI/c1-4-18-17(19-11-15-7-5-6-14(2)10-15)20-12-16-13-21(3)8-9-22-16;/h5-7,10,16H,4,8-9,11-13H2,1-3H3,(H2,18,19,20);1H. The van der Waals surface area contributed by atoms with Gasteiger partial charge in [0.05, 0.1) is 19.3 Å². The van der Waals surface area contributed by atoms with Crippen LogP contribution in [0.4, 0.5) is 0 Å². The largest absolute Gasteiger partial charge is 0.374 e. The Morgan fingerprint density at radius 1 is 1.39 bits per heavy atom. The third kappa shape index (κ3) is 7.50. The average molecular weight is 432 g/mol. The van der Waals surface area contributed by atoms with Crippen molar-refractivity contribution < 1.29 is 4.74 Å². The summed E-state index contributed by atoms with van der Waals surface area (Å²) in [5, 5.41) is 6.67. The average Bonchev–Trinajstić information content (AvgIpc) is 2.50. The van der Waals surface area contributed by atoms with Crippen LogP contribution < -0.4 is 10.6 Å². The van der Waals surface area contributed by atoms with Gasteiger partial charge in [-0.15, -0.1) is 24.0 Å². The number of aliphatic imine (C=N–C) groups is 1. The van der Waals surface area contributed by atoms with E-state index in [-0.39, 0.29) is 30.1 Å². The number of morpholine rings is 1. The first-order valence-corrected chi connectivity index (χ1v) is 8.05. The van der Waals surface area contributed by atoms with Crippen molar-refractivity contribution in [3.8, 4) is 0 Å². The molecule has 1 unspecified atom stereocenters. The van der Waals surface area contributed by atoms with E-state index in [4.69, 9.17) is 4.74 Å². The molecule has 1 aromatic carbocycles. The number of likely N-dealkylation sites (N-methyl/N-ethyl adjacent to an activating group) is 1. The molecule has 1 fully saturated rings. The van der Waals surface area contributed by atoms with Crippen LogP contribution in [0.3, 0.4) is 0 Å². The molecule has 6 heteroatoms. The maximum absolute atomic E-state index is 5.77. The second-order valence-electron chi connectivity index (χ2n) is 5.82. The van der Waals surface area contributed by atoms with E-state index < -0.39 is 0 Å². The lowest BCUT2D eigenvalue weighted by atomic mass is 10.1. The second kappa shape index (κ2) is 10.8. The molecule has 1 aliphatic heterocycles. The summed E-state index contributed by atoms with van der Waals surface area (Å²) in [6.45, 7) is 9.28. The third-order valence-electron chi connectivity index (χ3n) is 3.69. The van der Waals surface area contributed by atoms with Crippen LogP contribution in [0.25, 0.3) is 0 Å². The van der Waals surface area contributed by atoms with Gasteiger partial charge in [0, 0.05) is 26.2 Å². The summed E-state index contributed by atoms with van der Waals surface area (Å²) < 4.78 is 5.77. The summed E-state index contributed by atoms with van der Waals surface area (Å²) >= 11 is 0. The molecular weight excluding hydrogens is 403 g/mol. The highest BCUT2D eigenvalue weighted by molar-refractivity contribution is 14.0. The monoisotopic (exact) mass is 432 g/mol. The molecule has 1 heterocycles. The van der Waals surface area contributed by atoms with E-state index in [9.17, 15) is 0 Å². The highest BCUT2D eigenvalue weighted by Crippen LogP contribution is 2.05. The van der Waals surface area contributed by atoms with Crippen molar-refractivity contribution in [1.82, 2.24) is 15.5 Å². The van der Waals surface area contributed by atoms with Gasteiger partial charge in [0.1, 0.15) is 0 Å². The molecule has 0 amide bonds. The van der Waals surface area contributed by atoms with Crippen LogP contribution in [0.1, 0.15) is 18.1 Å². The van der Waals surface area contributed by atoms with Gasteiger partial charge in [-0.3, -0.25) is 0 Å². The summed E-state index contributed by atoms with van der Waals surface area (Å²) in [4.78, 5) is 6.95. The van der Waals surface area contributed by atoms with Crippen LogP contribution in [-0.4, -0.2) is 56.8 Å². The molecule has 0 radical (unpaired) electrons. The van der Waals surface area contributed by atoms with Gasteiger partial charge in [0.15, 0.2) is 5.96 Å². The van der Waals surface area contributed by atoms with Gasteiger partial charge in [0.2, 0.25) is 0 Å². The number of nitrogens with zero attached hydrogens (tertiary/aromatic N) is 2. The van der Waals surface area contributed by atoms with Gasteiger partial charge in [-0.05, 0) is 26.5 Å². The third-order valence-corrected chi connectivity index (χ3v) is 3.69. The van der Waals surface area contributed by atoms with Crippen molar-refractivity contribution in [1.29, 1.82) is 0 Å². The van der Waals surface area contributed by atoms with Crippen LogP contribution in [0.2, 0.25) is 0 Å². The van der Waals surface area contributed by atoms with Crippen LogP contribution >= 0.6 is 24.0 Å². The number of halogens is 1. The summed E-state index contributed by atoms with van der Waals surface area (Å²) in [6, 6.07) is 8.46. The molecule has 0 aromatic heterocycles. The summed E-state index contributed by atoms with van der Waals surface area (Å²) in [5.74, 6) is 0.848. The van der Waals surface area contributed by atoms with Crippen LogP contribution in [0, 0.1) is 6.92 Å². The van der Waals surface area contributed by atoms with Gasteiger partial charge in [-0.1, -0.05) is 29.8 Å². The first-order chi connectivity index (χ1) is 10.7. The number of aryl methyl sites for hydroxylation is 1. The zero-order valence-electron chi connectivity index (χ0n) is 14.3. The summed E-state index contributed by atoms with van der Waals surface area (Å²) in [5.41, 5.74) is 2.50. The molecule has 1 atom stereocenters. The topological polar surface area (TPSA) is 48.9 Å². The predicted molar refractivity (Wildman–Crippen MR) is 107 cm³/mol. The highest BCUT2D eigenvalue weighted by Gasteiger charge is 2.17. The van der Waals surface area contributed by atoms with E-state index in [1.165, 1.54) is 11.1 Å². The minimum atomic E-state index is 0. The van der Waals surface area contributed by atoms with Crippen molar-refractivity contribution in [3.05, 3.63) is 35.4 Å². The Hall–Kier alpha value is -0.860. The SMILES string of the molecule is CCNC(=NCc1cccc(C)c1)NCC1CN(C)CCO1.I. The molecular formula is C17H29IN4O. The van der Waals surface area contributed by atoms with E-state index in [0.717, 1.165) is 38.7 Å². The number of hydrogen-bond donors (Lipinski definition) is 2. The lowest BCUT2D eigenvalue weighted by molar-refractivity contribution is -0.0161. The summed E-state index contributed by atoms with van der Waals surface area (Å²) in [6.07, 6.45) is 0.224. The first-order valence-electron chi connectivity index (χ1n) is 8.05. The molecule has 2 rings (SSSR count). The van der Waals surface area contributed by atoms with Crippen LogP contribution in [0.5, 0.6) is 0 Å². The summed E-state index contributed by atoms with van der Waals surface area (Å²) in [7, 11) is 2.13.